The minimum atomic E-state index is -3.09. The average molecular weight is 341 g/mol. The summed E-state index contributed by atoms with van der Waals surface area (Å²) in [5, 5.41) is 2.47. The second kappa shape index (κ2) is 6.38. The fourth-order valence-corrected chi connectivity index (χ4v) is 2.48. The second-order valence-electron chi connectivity index (χ2n) is 5.01. The van der Waals surface area contributed by atoms with Crippen LogP contribution in [0.15, 0.2) is 36.4 Å². The highest BCUT2D eigenvalue weighted by molar-refractivity contribution is 5.97. The third-order valence-electron chi connectivity index (χ3n) is 3.46. The van der Waals surface area contributed by atoms with Crippen molar-refractivity contribution in [3.05, 3.63) is 59.2 Å². The molecule has 0 fully saturated rings. The van der Waals surface area contributed by atoms with Gasteiger partial charge in [-0.1, -0.05) is 12.1 Å². The maximum atomic E-state index is 13.9. The molecule has 0 bridgehead atoms. The van der Waals surface area contributed by atoms with Gasteiger partial charge >= 0.3 is 6.61 Å². The lowest BCUT2D eigenvalue weighted by Crippen LogP contribution is -2.30. The molecule has 0 saturated carbocycles. The van der Waals surface area contributed by atoms with Crippen LogP contribution in [0, 0.1) is 11.6 Å². The van der Waals surface area contributed by atoms with Gasteiger partial charge in [-0.3, -0.25) is 4.79 Å². The summed E-state index contributed by atoms with van der Waals surface area (Å²) >= 11 is 0. The first kappa shape index (κ1) is 16.1. The number of hydrogen-bond donors (Lipinski definition) is 1. The van der Waals surface area contributed by atoms with Crippen LogP contribution in [0.3, 0.4) is 0 Å². The van der Waals surface area contributed by atoms with Crippen LogP contribution in [0.1, 0.15) is 22.0 Å². The van der Waals surface area contributed by atoms with Crippen molar-refractivity contribution in [3.8, 4) is 11.5 Å². The van der Waals surface area contributed by atoms with E-state index in [-0.39, 0.29) is 29.2 Å². The average Bonchev–Trinajstić information content (AvgIpc) is 2.90. The lowest BCUT2D eigenvalue weighted by Gasteiger charge is -2.14. The van der Waals surface area contributed by atoms with Crippen LogP contribution in [0.2, 0.25) is 0 Å². The summed E-state index contributed by atoms with van der Waals surface area (Å²) in [5.74, 6) is -2.70. The van der Waals surface area contributed by atoms with Crippen LogP contribution in [-0.4, -0.2) is 19.1 Å². The number of carbonyl (C=O) groups is 1. The van der Waals surface area contributed by atoms with Crippen molar-refractivity contribution >= 4 is 5.91 Å². The third kappa shape index (κ3) is 3.12. The minimum Gasteiger partial charge on any atom is -0.490 e. The Morgan fingerprint density at radius 3 is 2.75 bits per heavy atom. The van der Waals surface area contributed by atoms with Crippen LogP contribution in [0.5, 0.6) is 11.5 Å². The van der Waals surface area contributed by atoms with E-state index in [1.54, 1.807) is 0 Å². The second-order valence-corrected chi connectivity index (χ2v) is 5.01. The van der Waals surface area contributed by atoms with E-state index in [1.807, 2.05) is 0 Å². The Hall–Kier alpha value is -2.77. The number of ether oxygens (including phenoxy) is 2. The van der Waals surface area contributed by atoms with Crippen molar-refractivity contribution in [3.63, 3.8) is 0 Å². The molecule has 1 N–H and O–H groups in total. The van der Waals surface area contributed by atoms with Gasteiger partial charge in [0.05, 0.1) is 17.2 Å². The molecule has 1 aliphatic heterocycles. The number of alkyl halides is 2. The molecule has 0 spiro atoms. The van der Waals surface area contributed by atoms with E-state index < -0.39 is 30.2 Å². The molecular formula is C16H11F4NO3. The van der Waals surface area contributed by atoms with Gasteiger partial charge in [-0.2, -0.15) is 8.78 Å². The first-order valence-corrected chi connectivity index (χ1v) is 6.92. The highest BCUT2D eigenvalue weighted by atomic mass is 19.3. The van der Waals surface area contributed by atoms with Gasteiger partial charge in [0.1, 0.15) is 29.7 Å². The third-order valence-corrected chi connectivity index (χ3v) is 3.46. The van der Waals surface area contributed by atoms with Crippen LogP contribution in [0.25, 0.3) is 0 Å². The van der Waals surface area contributed by atoms with Gasteiger partial charge in [-0.05, 0) is 12.1 Å². The lowest BCUT2D eigenvalue weighted by atomic mass is 10.1. The van der Waals surface area contributed by atoms with Crippen molar-refractivity contribution in [2.24, 2.45) is 0 Å². The number of nitrogens with one attached hydrogen (secondary N) is 1. The van der Waals surface area contributed by atoms with E-state index in [4.69, 9.17) is 4.74 Å². The summed E-state index contributed by atoms with van der Waals surface area (Å²) < 4.78 is 61.3. The van der Waals surface area contributed by atoms with Crippen molar-refractivity contribution < 1.29 is 31.8 Å². The van der Waals surface area contributed by atoms with E-state index in [0.717, 1.165) is 6.07 Å². The Kier molecular flexibility index (Phi) is 4.28. The van der Waals surface area contributed by atoms with Gasteiger partial charge in [0.15, 0.2) is 0 Å². The Morgan fingerprint density at radius 1 is 1.25 bits per heavy atom. The molecule has 0 aromatic heterocycles. The molecule has 0 aliphatic carbocycles. The molecule has 1 unspecified atom stereocenters. The summed E-state index contributed by atoms with van der Waals surface area (Å²) in [7, 11) is 0. The molecule has 1 atom stereocenters. The number of halogens is 4. The smallest absolute Gasteiger partial charge is 0.387 e. The molecule has 4 nitrogen and oxygen atoms in total. The van der Waals surface area contributed by atoms with Gasteiger partial charge in [0.25, 0.3) is 5.91 Å². The quantitative estimate of drug-likeness (QED) is 0.867. The number of fused-ring (bicyclic) bond motifs is 1. The Bertz CT molecular complexity index is 782. The first-order valence-electron chi connectivity index (χ1n) is 6.92. The molecule has 24 heavy (non-hydrogen) atoms. The van der Waals surface area contributed by atoms with Crippen molar-refractivity contribution in [1.82, 2.24) is 5.32 Å². The lowest BCUT2D eigenvalue weighted by molar-refractivity contribution is -0.0501. The molecule has 2 aromatic carbocycles. The maximum absolute atomic E-state index is 13.9. The number of hydrogen-bond acceptors (Lipinski definition) is 3. The zero-order valence-corrected chi connectivity index (χ0v) is 12.1. The van der Waals surface area contributed by atoms with E-state index in [0.29, 0.717) is 6.07 Å². The molecule has 1 amide bonds. The summed E-state index contributed by atoms with van der Waals surface area (Å²) in [4.78, 5) is 12.3. The molecule has 0 radical (unpaired) electrons. The van der Waals surface area contributed by atoms with Crippen molar-refractivity contribution in [2.45, 2.75) is 12.7 Å². The van der Waals surface area contributed by atoms with Gasteiger partial charge < -0.3 is 14.8 Å². The molecule has 1 aliphatic rings. The molecule has 3 rings (SSSR count). The number of amides is 1. The summed E-state index contributed by atoms with van der Waals surface area (Å²) in [6, 6.07) is 6.25. The molecular weight excluding hydrogens is 330 g/mol. The van der Waals surface area contributed by atoms with E-state index in [9.17, 15) is 22.4 Å². The highest BCUT2D eigenvalue weighted by Gasteiger charge is 2.31. The number of benzene rings is 2. The molecule has 2 aromatic rings. The monoisotopic (exact) mass is 341 g/mol. The minimum absolute atomic E-state index is 0.00471. The SMILES string of the molecule is O=C(NC1COc2cc(F)cc(F)c21)c1ccccc1OC(F)F. The van der Waals surface area contributed by atoms with Gasteiger partial charge in [0.2, 0.25) is 0 Å². The van der Waals surface area contributed by atoms with Crippen molar-refractivity contribution in [2.75, 3.05) is 6.61 Å². The van der Waals surface area contributed by atoms with Crippen LogP contribution >= 0.6 is 0 Å². The molecule has 8 heteroatoms. The highest BCUT2D eigenvalue weighted by Crippen LogP contribution is 2.35. The summed E-state index contributed by atoms with van der Waals surface area (Å²) in [5.41, 5.74) is -0.120. The summed E-state index contributed by atoms with van der Waals surface area (Å²) in [6.45, 7) is -3.19. The fraction of sp³-hybridized carbons (Fsp3) is 0.188. The largest absolute Gasteiger partial charge is 0.490 e. The van der Waals surface area contributed by atoms with E-state index in [1.165, 1.54) is 24.3 Å². The van der Waals surface area contributed by atoms with Crippen LogP contribution < -0.4 is 14.8 Å². The van der Waals surface area contributed by atoms with Gasteiger partial charge in [0, 0.05) is 12.1 Å². The maximum Gasteiger partial charge on any atom is 0.387 e. The first-order chi connectivity index (χ1) is 11.5. The molecule has 1 heterocycles. The van der Waals surface area contributed by atoms with E-state index >= 15 is 0 Å². The van der Waals surface area contributed by atoms with Crippen molar-refractivity contribution in [1.29, 1.82) is 0 Å². The van der Waals surface area contributed by atoms with Crippen LogP contribution in [0.4, 0.5) is 17.6 Å². The normalized spacial score (nSPS) is 15.8. The topological polar surface area (TPSA) is 47.6 Å². The fourth-order valence-electron chi connectivity index (χ4n) is 2.48. The predicted molar refractivity (Wildman–Crippen MR) is 75.1 cm³/mol. The van der Waals surface area contributed by atoms with E-state index in [2.05, 4.69) is 10.1 Å². The Morgan fingerprint density at radius 2 is 2.00 bits per heavy atom. The molecule has 0 saturated heterocycles. The number of carbonyl (C=O) groups excluding carboxylic acids is 1. The Labute approximate surface area is 134 Å². The Balaban J connectivity index is 1.83. The number of para-hydroxylation sites is 1. The zero-order valence-electron chi connectivity index (χ0n) is 12.1. The zero-order chi connectivity index (χ0) is 17.3. The van der Waals surface area contributed by atoms with Gasteiger partial charge in [-0.15, -0.1) is 0 Å². The summed E-state index contributed by atoms with van der Waals surface area (Å²) in [6.07, 6.45) is 0. The predicted octanol–water partition coefficient (Wildman–Crippen LogP) is 3.43. The molecule has 126 valence electrons. The number of rotatable bonds is 4. The standard InChI is InChI=1S/C16H11F4NO3/c17-8-5-10(18)14-11(7-23-13(14)6-8)21-15(22)9-3-1-2-4-12(9)24-16(19)20/h1-6,11,16H,7H2,(H,21,22). The van der Waals surface area contributed by atoms with Gasteiger partial charge in [-0.25, -0.2) is 8.78 Å². The van der Waals surface area contributed by atoms with Crippen LogP contribution in [-0.2, 0) is 0 Å².